The van der Waals surface area contributed by atoms with Crippen molar-refractivity contribution in [1.82, 2.24) is 14.3 Å². The number of unbranched alkanes of at least 4 members (excludes halogenated alkanes) is 8. The van der Waals surface area contributed by atoms with Crippen molar-refractivity contribution in [1.29, 1.82) is 0 Å². The van der Waals surface area contributed by atoms with Crippen molar-refractivity contribution in [3.8, 4) is 11.3 Å². The summed E-state index contributed by atoms with van der Waals surface area (Å²) in [5.41, 5.74) is 3.81. The largest absolute Gasteiger partial charge is 0.340 e. The second-order valence-electron chi connectivity index (χ2n) is 8.67. The lowest BCUT2D eigenvalue weighted by Gasteiger charge is -2.18. The van der Waals surface area contributed by atoms with Gasteiger partial charge in [-0.25, -0.2) is 4.98 Å². The molecule has 2 aromatic heterocycles. The number of halogens is 1. The third kappa shape index (κ3) is 6.83. The van der Waals surface area contributed by atoms with E-state index in [9.17, 15) is 4.79 Å². The lowest BCUT2D eigenvalue weighted by molar-refractivity contribution is -0.130. The fourth-order valence-electron chi connectivity index (χ4n) is 4.13. The van der Waals surface area contributed by atoms with E-state index in [0.717, 1.165) is 35.4 Å². The highest BCUT2D eigenvalue weighted by molar-refractivity contribution is 6.30. The standard InChI is InChI=1S/C27H36ClN3O/c1-3-4-5-6-7-8-9-10-11-15-26(32)30(2)21-24-27(22-16-18-23(28)19-17-22)29-25-14-12-13-20-31(24)25/h12-14,16-20H,3-11,15,21H2,1-2H3. The van der Waals surface area contributed by atoms with Gasteiger partial charge in [0.15, 0.2) is 0 Å². The Morgan fingerprint density at radius 2 is 1.59 bits per heavy atom. The van der Waals surface area contributed by atoms with E-state index in [2.05, 4.69) is 11.3 Å². The number of pyridine rings is 1. The molecular weight excluding hydrogens is 418 g/mol. The quantitative estimate of drug-likeness (QED) is 0.251. The molecule has 1 aromatic carbocycles. The zero-order valence-electron chi connectivity index (χ0n) is 19.5. The van der Waals surface area contributed by atoms with Gasteiger partial charge in [-0.1, -0.05) is 88.1 Å². The first-order chi connectivity index (χ1) is 15.6. The summed E-state index contributed by atoms with van der Waals surface area (Å²) in [7, 11) is 1.89. The molecule has 32 heavy (non-hydrogen) atoms. The van der Waals surface area contributed by atoms with Crippen molar-refractivity contribution in [2.75, 3.05) is 7.05 Å². The van der Waals surface area contributed by atoms with Gasteiger partial charge in [-0.2, -0.15) is 0 Å². The molecule has 0 saturated carbocycles. The first-order valence-electron chi connectivity index (χ1n) is 12.1. The predicted octanol–water partition coefficient (Wildman–Crippen LogP) is 7.53. The van der Waals surface area contributed by atoms with E-state index in [-0.39, 0.29) is 5.91 Å². The molecule has 1 amide bonds. The predicted molar refractivity (Wildman–Crippen MR) is 134 cm³/mol. The molecule has 0 atom stereocenters. The highest BCUT2D eigenvalue weighted by Gasteiger charge is 2.18. The summed E-state index contributed by atoms with van der Waals surface area (Å²) in [5.74, 6) is 0.195. The molecule has 0 aliphatic rings. The van der Waals surface area contributed by atoms with Gasteiger partial charge in [0, 0.05) is 30.3 Å². The Hall–Kier alpha value is -2.33. The molecule has 3 aromatic rings. The van der Waals surface area contributed by atoms with Crippen LogP contribution in [0.2, 0.25) is 5.02 Å². The number of imidazole rings is 1. The highest BCUT2D eigenvalue weighted by atomic mass is 35.5. The first kappa shape index (κ1) is 24.3. The minimum Gasteiger partial charge on any atom is -0.340 e. The fraction of sp³-hybridized carbons (Fsp3) is 0.481. The maximum absolute atomic E-state index is 12.8. The van der Waals surface area contributed by atoms with Crippen LogP contribution >= 0.6 is 11.6 Å². The number of carbonyl (C=O) groups is 1. The van der Waals surface area contributed by atoms with Crippen LogP contribution < -0.4 is 0 Å². The minimum absolute atomic E-state index is 0.195. The Kier molecular flexibility index (Phi) is 9.61. The fourth-order valence-corrected chi connectivity index (χ4v) is 4.25. The first-order valence-corrected chi connectivity index (χ1v) is 12.4. The van der Waals surface area contributed by atoms with Crippen molar-refractivity contribution in [3.05, 3.63) is 59.4 Å². The van der Waals surface area contributed by atoms with Crippen molar-refractivity contribution >= 4 is 23.2 Å². The number of benzene rings is 1. The summed E-state index contributed by atoms with van der Waals surface area (Å²) in [6.07, 6.45) is 13.9. The van der Waals surface area contributed by atoms with Crippen LogP contribution in [0.1, 0.15) is 76.8 Å². The average Bonchev–Trinajstić information content (AvgIpc) is 3.16. The van der Waals surface area contributed by atoms with Crippen LogP contribution in [0.3, 0.4) is 0 Å². The molecule has 2 heterocycles. The Morgan fingerprint density at radius 3 is 2.28 bits per heavy atom. The molecule has 3 rings (SSSR count). The topological polar surface area (TPSA) is 37.6 Å². The number of fused-ring (bicyclic) bond motifs is 1. The molecule has 0 spiro atoms. The van der Waals surface area contributed by atoms with Gasteiger partial charge in [-0.3, -0.25) is 4.79 Å². The maximum atomic E-state index is 12.8. The van der Waals surface area contributed by atoms with Gasteiger partial charge < -0.3 is 9.30 Å². The van der Waals surface area contributed by atoms with E-state index in [1.54, 1.807) is 0 Å². The Balaban J connectivity index is 1.55. The molecule has 5 heteroatoms. The van der Waals surface area contributed by atoms with E-state index in [0.29, 0.717) is 18.0 Å². The van der Waals surface area contributed by atoms with Crippen LogP contribution in [0, 0.1) is 0 Å². The van der Waals surface area contributed by atoms with Crippen molar-refractivity contribution in [2.45, 2.75) is 77.7 Å². The van der Waals surface area contributed by atoms with Gasteiger partial charge in [0.25, 0.3) is 0 Å². The van der Waals surface area contributed by atoms with E-state index in [4.69, 9.17) is 16.6 Å². The minimum atomic E-state index is 0.195. The molecule has 0 unspecified atom stereocenters. The van der Waals surface area contributed by atoms with E-state index in [1.165, 1.54) is 44.9 Å². The van der Waals surface area contributed by atoms with Gasteiger partial charge in [0.1, 0.15) is 5.65 Å². The average molecular weight is 454 g/mol. The molecule has 0 fully saturated rings. The number of aromatic nitrogens is 2. The van der Waals surface area contributed by atoms with Gasteiger partial charge >= 0.3 is 0 Å². The smallest absolute Gasteiger partial charge is 0.222 e. The zero-order chi connectivity index (χ0) is 22.8. The van der Waals surface area contributed by atoms with Crippen molar-refractivity contribution < 1.29 is 4.79 Å². The summed E-state index contributed by atoms with van der Waals surface area (Å²) < 4.78 is 2.08. The molecule has 4 nitrogen and oxygen atoms in total. The summed E-state index contributed by atoms with van der Waals surface area (Å²) in [4.78, 5) is 19.4. The lowest BCUT2D eigenvalue weighted by Crippen LogP contribution is -2.26. The zero-order valence-corrected chi connectivity index (χ0v) is 20.3. The molecule has 0 aliphatic heterocycles. The monoisotopic (exact) mass is 453 g/mol. The number of amides is 1. The summed E-state index contributed by atoms with van der Waals surface area (Å²) in [6, 6.07) is 13.7. The third-order valence-electron chi connectivity index (χ3n) is 6.05. The second-order valence-corrected chi connectivity index (χ2v) is 9.11. The molecule has 0 saturated heterocycles. The number of rotatable bonds is 13. The summed E-state index contributed by atoms with van der Waals surface area (Å²) in [5, 5.41) is 0.701. The van der Waals surface area contributed by atoms with Gasteiger partial charge in [0.05, 0.1) is 17.9 Å². The molecule has 172 valence electrons. The SMILES string of the molecule is CCCCCCCCCCCC(=O)N(C)Cc1c(-c2ccc(Cl)cc2)nc2ccccn12. The maximum Gasteiger partial charge on any atom is 0.222 e. The normalized spacial score (nSPS) is 11.2. The molecule has 0 radical (unpaired) electrons. The highest BCUT2D eigenvalue weighted by Crippen LogP contribution is 2.27. The lowest BCUT2D eigenvalue weighted by atomic mass is 10.1. The number of carbonyl (C=O) groups excluding carboxylic acids is 1. The molecule has 0 bridgehead atoms. The third-order valence-corrected chi connectivity index (χ3v) is 6.31. The van der Waals surface area contributed by atoms with Crippen molar-refractivity contribution in [2.24, 2.45) is 0 Å². The van der Waals surface area contributed by atoms with E-state index in [1.807, 2.05) is 60.6 Å². The Morgan fingerprint density at radius 1 is 0.938 bits per heavy atom. The van der Waals surface area contributed by atoms with Crippen LogP contribution in [-0.2, 0) is 11.3 Å². The number of hydrogen-bond acceptors (Lipinski definition) is 2. The molecular formula is C27H36ClN3O. The Labute approximate surface area is 197 Å². The van der Waals surface area contributed by atoms with E-state index >= 15 is 0 Å². The summed E-state index contributed by atoms with van der Waals surface area (Å²) >= 11 is 6.07. The van der Waals surface area contributed by atoms with E-state index < -0.39 is 0 Å². The van der Waals surface area contributed by atoms with Crippen LogP contribution in [-0.4, -0.2) is 27.2 Å². The van der Waals surface area contributed by atoms with Crippen LogP contribution in [0.5, 0.6) is 0 Å². The van der Waals surface area contributed by atoms with Gasteiger partial charge in [-0.05, 0) is 30.7 Å². The Bertz CT molecular complexity index is 980. The van der Waals surface area contributed by atoms with Crippen LogP contribution in [0.4, 0.5) is 0 Å². The molecule has 0 aliphatic carbocycles. The van der Waals surface area contributed by atoms with Gasteiger partial charge in [0.2, 0.25) is 5.91 Å². The van der Waals surface area contributed by atoms with Crippen LogP contribution in [0.25, 0.3) is 16.9 Å². The number of hydrogen-bond donors (Lipinski definition) is 0. The molecule has 0 N–H and O–H groups in total. The summed E-state index contributed by atoms with van der Waals surface area (Å²) in [6.45, 7) is 2.78. The number of nitrogens with zero attached hydrogens (tertiary/aromatic N) is 3. The van der Waals surface area contributed by atoms with Gasteiger partial charge in [-0.15, -0.1) is 0 Å². The van der Waals surface area contributed by atoms with Crippen LogP contribution in [0.15, 0.2) is 48.7 Å². The van der Waals surface area contributed by atoms with Crippen molar-refractivity contribution in [3.63, 3.8) is 0 Å². The second kappa shape index (κ2) is 12.6.